The van der Waals surface area contributed by atoms with Crippen molar-refractivity contribution < 1.29 is 18.3 Å². The van der Waals surface area contributed by atoms with Gasteiger partial charge in [-0.3, -0.25) is 0 Å². The van der Waals surface area contributed by atoms with Crippen LogP contribution in [0.25, 0.3) is 0 Å². The van der Waals surface area contributed by atoms with Crippen molar-refractivity contribution >= 4 is 29.9 Å². The van der Waals surface area contributed by atoms with Crippen molar-refractivity contribution in [2.24, 2.45) is 12.0 Å². The van der Waals surface area contributed by atoms with Crippen LogP contribution in [0, 0.1) is 6.92 Å². The summed E-state index contributed by atoms with van der Waals surface area (Å²) >= 11 is 0. The molecule has 0 bridgehead atoms. The Morgan fingerprint density at radius 2 is 2.03 bits per heavy atom. The van der Waals surface area contributed by atoms with Gasteiger partial charge < -0.3 is 24.7 Å². The summed E-state index contributed by atoms with van der Waals surface area (Å²) in [5.74, 6) is 2.49. The smallest absolute Gasteiger partial charge is 0.387 e. The van der Waals surface area contributed by atoms with Gasteiger partial charge in [-0.2, -0.15) is 8.78 Å². The maximum atomic E-state index is 13.0. The molecular weight excluding hydrogens is 533 g/mol. The van der Waals surface area contributed by atoms with Crippen molar-refractivity contribution in [2.75, 3.05) is 6.61 Å². The second-order valence-electron chi connectivity index (χ2n) is 7.42. The summed E-state index contributed by atoms with van der Waals surface area (Å²) < 4.78 is 38.1. The van der Waals surface area contributed by atoms with Gasteiger partial charge in [0.1, 0.15) is 5.82 Å². The number of nitrogens with one attached hydrogen (secondary N) is 2. The second-order valence-corrected chi connectivity index (χ2v) is 7.42. The normalized spacial score (nSPS) is 14.4. The number of aromatic nitrogens is 3. The molecule has 1 aliphatic carbocycles. The lowest BCUT2D eigenvalue weighted by atomic mass is 10.2. The Balaban J connectivity index is 0.00000363. The summed E-state index contributed by atoms with van der Waals surface area (Å²) in [6.07, 6.45) is 4.50. The van der Waals surface area contributed by atoms with E-state index in [-0.39, 0.29) is 42.0 Å². The summed E-state index contributed by atoms with van der Waals surface area (Å²) in [5, 5.41) is 15.0. The molecule has 32 heavy (non-hydrogen) atoms. The van der Waals surface area contributed by atoms with Crippen LogP contribution in [0.2, 0.25) is 0 Å². The van der Waals surface area contributed by atoms with E-state index in [9.17, 15) is 8.78 Å². The molecule has 0 atom stereocenters. The van der Waals surface area contributed by atoms with E-state index in [1.165, 1.54) is 12.8 Å². The summed E-state index contributed by atoms with van der Waals surface area (Å²) in [4.78, 5) is 4.63. The monoisotopic (exact) mass is 564 g/mol. The lowest BCUT2D eigenvalue weighted by molar-refractivity contribution is -0.0520. The van der Waals surface area contributed by atoms with Gasteiger partial charge in [0.2, 0.25) is 0 Å². The van der Waals surface area contributed by atoms with Gasteiger partial charge in [-0.25, -0.2) is 4.99 Å². The quantitative estimate of drug-likeness (QED) is 0.273. The first-order valence-corrected chi connectivity index (χ1v) is 10.6. The average Bonchev–Trinajstić information content (AvgIpc) is 3.36. The third-order valence-electron chi connectivity index (χ3n) is 5.27. The van der Waals surface area contributed by atoms with E-state index in [2.05, 4.69) is 25.8 Å². The zero-order valence-electron chi connectivity index (χ0n) is 18.6. The highest BCUT2D eigenvalue weighted by atomic mass is 127. The van der Waals surface area contributed by atoms with Crippen molar-refractivity contribution in [1.29, 1.82) is 0 Å². The van der Waals surface area contributed by atoms with Gasteiger partial charge in [0.25, 0.3) is 0 Å². The number of guanidine groups is 1. The first-order chi connectivity index (χ1) is 15.0. The van der Waals surface area contributed by atoms with Gasteiger partial charge in [0, 0.05) is 18.7 Å². The van der Waals surface area contributed by atoms with Gasteiger partial charge in [-0.15, -0.1) is 34.2 Å². The fourth-order valence-electron chi connectivity index (χ4n) is 3.53. The second kappa shape index (κ2) is 12.8. The Bertz CT molecular complexity index is 887. The zero-order valence-corrected chi connectivity index (χ0v) is 20.9. The highest BCUT2D eigenvalue weighted by molar-refractivity contribution is 14.0. The molecule has 2 aromatic rings. The maximum Gasteiger partial charge on any atom is 0.387 e. The maximum absolute atomic E-state index is 13.0. The zero-order chi connectivity index (χ0) is 22.2. The molecule has 1 aromatic heterocycles. The third-order valence-corrected chi connectivity index (χ3v) is 5.27. The van der Waals surface area contributed by atoms with E-state index in [1.807, 2.05) is 18.5 Å². The third kappa shape index (κ3) is 7.17. The van der Waals surface area contributed by atoms with Crippen molar-refractivity contribution in [1.82, 2.24) is 25.4 Å². The van der Waals surface area contributed by atoms with Crippen LogP contribution >= 0.6 is 24.0 Å². The molecule has 0 saturated heterocycles. The molecule has 2 N–H and O–H groups in total. The Hall–Kier alpha value is -2.18. The first kappa shape index (κ1) is 26.1. The van der Waals surface area contributed by atoms with E-state index in [1.54, 1.807) is 25.1 Å². The Labute approximate surface area is 204 Å². The molecule has 3 rings (SSSR count). The van der Waals surface area contributed by atoms with Crippen LogP contribution in [-0.2, 0) is 20.1 Å². The molecule has 1 aliphatic rings. The Morgan fingerprint density at radius 3 is 2.66 bits per heavy atom. The standard InChI is InChI=1S/C21H30F2N6O2.HI/c1-4-30-17-11-7-8-15(19(17)31-20(22)23)12-24-21(26-16-9-5-6-10-16)25-13-18-28-27-14(2)29(18)3;/h7-8,11,16,20H,4-6,9-10,12-13H2,1-3H3,(H2,24,25,26);1H. The molecule has 178 valence electrons. The number of hydrogen-bond acceptors (Lipinski definition) is 5. The first-order valence-electron chi connectivity index (χ1n) is 10.6. The minimum atomic E-state index is -2.95. The van der Waals surface area contributed by atoms with E-state index in [0.717, 1.165) is 24.5 Å². The molecule has 8 nitrogen and oxygen atoms in total. The fourth-order valence-corrected chi connectivity index (χ4v) is 3.53. The van der Waals surface area contributed by atoms with Crippen molar-refractivity contribution in [2.45, 2.75) is 65.3 Å². The van der Waals surface area contributed by atoms with Gasteiger partial charge >= 0.3 is 6.61 Å². The van der Waals surface area contributed by atoms with Gasteiger partial charge in [0.15, 0.2) is 23.3 Å². The van der Waals surface area contributed by atoms with Crippen LogP contribution in [0.5, 0.6) is 11.5 Å². The van der Waals surface area contributed by atoms with Crippen LogP contribution in [-0.4, -0.2) is 40.0 Å². The minimum Gasteiger partial charge on any atom is -0.490 e. The summed E-state index contributed by atoms with van der Waals surface area (Å²) in [6, 6.07) is 5.40. The molecule has 0 amide bonds. The van der Waals surface area contributed by atoms with Crippen molar-refractivity contribution in [3.63, 3.8) is 0 Å². The summed E-state index contributed by atoms with van der Waals surface area (Å²) in [6.45, 7) is 1.67. The number of aliphatic imine (C=N–C) groups is 1. The van der Waals surface area contributed by atoms with Crippen LogP contribution in [0.4, 0.5) is 8.78 Å². The molecule has 1 aromatic carbocycles. The van der Waals surface area contributed by atoms with E-state index in [0.29, 0.717) is 30.7 Å². The number of aryl methyl sites for hydroxylation is 1. The van der Waals surface area contributed by atoms with Crippen LogP contribution < -0.4 is 20.1 Å². The number of rotatable bonds is 9. The Kier molecular flexibility index (Phi) is 10.4. The minimum absolute atomic E-state index is 0. The van der Waals surface area contributed by atoms with Crippen LogP contribution in [0.1, 0.15) is 49.8 Å². The fraction of sp³-hybridized carbons (Fsp3) is 0.571. The van der Waals surface area contributed by atoms with Crippen LogP contribution in [0.3, 0.4) is 0 Å². The number of halogens is 3. The number of benzene rings is 1. The van der Waals surface area contributed by atoms with Gasteiger partial charge in [-0.1, -0.05) is 25.0 Å². The summed E-state index contributed by atoms with van der Waals surface area (Å²) in [7, 11) is 1.90. The van der Waals surface area contributed by atoms with Gasteiger partial charge in [-0.05, 0) is 32.8 Å². The molecule has 0 spiro atoms. The molecule has 0 aliphatic heterocycles. The molecule has 0 radical (unpaired) electrons. The molecule has 1 fully saturated rings. The lowest BCUT2D eigenvalue weighted by Gasteiger charge is -2.18. The number of ether oxygens (including phenoxy) is 2. The topological polar surface area (TPSA) is 85.6 Å². The number of hydrogen-bond donors (Lipinski definition) is 2. The average molecular weight is 564 g/mol. The van der Waals surface area contributed by atoms with Crippen LogP contribution in [0.15, 0.2) is 23.2 Å². The van der Waals surface area contributed by atoms with E-state index >= 15 is 0 Å². The molecular formula is C21H31F2IN6O2. The molecule has 1 saturated carbocycles. The Morgan fingerprint density at radius 1 is 1.28 bits per heavy atom. The van der Waals surface area contributed by atoms with E-state index in [4.69, 9.17) is 9.47 Å². The molecule has 0 unspecified atom stereocenters. The molecule has 1 heterocycles. The highest BCUT2D eigenvalue weighted by Crippen LogP contribution is 2.33. The predicted octanol–water partition coefficient (Wildman–Crippen LogP) is 3.92. The SMILES string of the molecule is CCOc1cccc(CN=C(NCc2nnc(C)n2C)NC2CCCC2)c1OC(F)F.I. The van der Waals surface area contributed by atoms with E-state index < -0.39 is 6.61 Å². The molecule has 11 heteroatoms. The highest BCUT2D eigenvalue weighted by Gasteiger charge is 2.18. The predicted molar refractivity (Wildman–Crippen MR) is 129 cm³/mol. The number of para-hydroxylation sites is 1. The largest absolute Gasteiger partial charge is 0.490 e. The van der Waals surface area contributed by atoms with Crippen molar-refractivity contribution in [3.8, 4) is 11.5 Å². The lowest BCUT2D eigenvalue weighted by Crippen LogP contribution is -2.42. The van der Waals surface area contributed by atoms with Gasteiger partial charge in [0.05, 0.1) is 19.7 Å². The number of nitrogens with zero attached hydrogens (tertiary/aromatic N) is 4. The number of alkyl halides is 2. The summed E-state index contributed by atoms with van der Waals surface area (Å²) in [5.41, 5.74) is 0.522. The van der Waals surface area contributed by atoms with Crippen molar-refractivity contribution in [3.05, 3.63) is 35.4 Å².